The second kappa shape index (κ2) is 10.0. The van der Waals surface area contributed by atoms with Gasteiger partial charge in [-0.05, 0) is 66.2 Å². The normalized spacial score (nSPS) is 11.2. The summed E-state index contributed by atoms with van der Waals surface area (Å²) < 4.78 is 11.2. The van der Waals surface area contributed by atoms with Crippen molar-refractivity contribution in [2.24, 2.45) is 0 Å². The Morgan fingerprint density at radius 3 is 1.59 bits per heavy atom. The van der Waals surface area contributed by atoms with Gasteiger partial charge in [-0.1, -0.05) is 35.3 Å². The van der Waals surface area contributed by atoms with Crippen LogP contribution in [0.2, 0.25) is 10.0 Å². The molecule has 0 aliphatic carbocycles. The molecular formula is C20H13Cl2NaO4. The number of aliphatic carboxylic acids is 1. The Balaban J connectivity index is 0.00000261. The summed E-state index contributed by atoms with van der Waals surface area (Å²) in [5.74, 6) is 0.215. The van der Waals surface area contributed by atoms with E-state index >= 15 is 0 Å². The Morgan fingerprint density at radius 1 is 0.741 bits per heavy atom. The zero-order valence-corrected chi connectivity index (χ0v) is 17.9. The van der Waals surface area contributed by atoms with Crippen molar-refractivity contribution in [2.45, 2.75) is 6.10 Å². The Bertz CT molecular complexity index is 881. The van der Waals surface area contributed by atoms with Crippen LogP contribution in [0.25, 0.3) is 0 Å². The van der Waals surface area contributed by atoms with Gasteiger partial charge in [0.2, 0.25) is 0 Å². The van der Waals surface area contributed by atoms with Crippen LogP contribution in [0.5, 0.6) is 17.2 Å². The molecule has 4 nitrogen and oxygen atoms in total. The minimum atomic E-state index is -1.34. The maximum absolute atomic E-state index is 11.5. The van der Waals surface area contributed by atoms with E-state index in [4.69, 9.17) is 32.7 Å². The van der Waals surface area contributed by atoms with Crippen LogP contribution in [0, 0.1) is 0 Å². The SMILES string of the molecule is O=C([O-])C(Oc1ccc(Cl)cc1)c1ccc(Oc2ccc(Cl)cc2)cc1.[Na+]. The molecule has 3 aromatic rings. The summed E-state index contributed by atoms with van der Waals surface area (Å²) in [7, 11) is 0. The number of rotatable bonds is 6. The van der Waals surface area contributed by atoms with Gasteiger partial charge in [-0.3, -0.25) is 0 Å². The summed E-state index contributed by atoms with van der Waals surface area (Å²) in [4.78, 5) is 11.5. The fourth-order valence-corrected chi connectivity index (χ4v) is 2.50. The standard InChI is InChI=1S/C20H14Cl2O4.Na/c21-14-3-9-17(10-4-14)25-16-7-1-13(2-8-16)19(20(23)24)26-18-11-5-15(22)6-12-18;/h1-12,19H,(H,23,24);/q;+1/p-1. The molecule has 0 aromatic heterocycles. The molecule has 132 valence electrons. The second-order valence-corrected chi connectivity index (χ2v) is 6.27. The number of carbonyl (C=O) groups excluding carboxylic acids is 1. The zero-order valence-electron chi connectivity index (χ0n) is 14.4. The first-order valence-electron chi connectivity index (χ1n) is 7.68. The average molecular weight is 411 g/mol. The van der Waals surface area contributed by atoms with E-state index in [-0.39, 0.29) is 29.6 Å². The molecule has 0 fully saturated rings. The number of hydrogen-bond donors (Lipinski definition) is 0. The molecule has 0 aliphatic rings. The van der Waals surface area contributed by atoms with Crippen molar-refractivity contribution < 1.29 is 48.9 Å². The van der Waals surface area contributed by atoms with Crippen LogP contribution in [0.4, 0.5) is 0 Å². The van der Waals surface area contributed by atoms with Crippen LogP contribution in [0.15, 0.2) is 72.8 Å². The molecule has 1 atom stereocenters. The summed E-state index contributed by atoms with van der Waals surface area (Å²) in [5, 5.41) is 12.6. The van der Waals surface area contributed by atoms with Gasteiger partial charge in [-0.2, -0.15) is 0 Å². The molecule has 0 N–H and O–H groups in total. The van der Waals surface area contributed by atoms with Crippen molar-refractivity contribution in [1.82, 2.24) is 0 Å². The molecule has 1 unspecified atom stereocenters. The van der Waals surface area contributed by atoms with E-state index in [9.17, 15) is 9.90 Å². The molecule has 0 radical (unpaired) electrons. The van der Waals surface area contributed by atoms with Crippen LogP contribution >= 0.6 is 23.2 Å². The van der Waals surface area contributed by atoms with Crippen LogP contribution in [-0.2, 0) is 4.79 Å². The van der Waals surface area contributed by atoms with Crippen molar-refractivity contribution in [1.29, 1.82) is 0 Å². The van der Waals surface area contributed by atoms with E-state index < -0.39 is 12.1 Å². The number of benzene rings is 3. The van der Waals surface area contributed by atoms with Crippen molar-refractivity contribution >= 4 is 29.2 Å². The van der Waals surface area contributed by atoms with E-state index in [0.29, 0.717) is 32.9 Å². The fourth-order valence-electron chi connectivity index (χ4n) is 2.25. The summed E-state index contributed by atoms with van der Waals surface area (Å²) in [6.07, 6.45) is -1.25. The van der Waals surface area contributed by atoms with Crippen LogP contribution < -0.4 is 44.1 Å². The van der Waals surface area contributed by atoms with Crippen molar-refractivity contribution in [2.75, 3.05) is 0 Å². The second-order valence-electron chi connectivity index (χ2n) is 5.40. The Labute approximate surface area is 188 Å². The minimum Gasteiger partial charge on any atom is -0.546 e. The van der Waals surface area contributed by atoms with Gasteiger partial charge in [0.15, 0.2) is 6.10 Å². The smallest absolute Gasteiger partial charge is 0.546 e. The van der Waals surface area contributed by atoms with Gasteiger partial charge in [0.05, 0.1) is 5.97 Å². The van der Waals surface area contributed by atoms with Crippen molar-refractivity contribution in [3.63, 3.8) is 0 Å². The third-order valence-electron chi connectivity index (χ3n) is 3.51. The maximum Gasteiger partial charge on any atom is 1.00 e. The number of halogens is 2. The predicted molar refractivity (Wildman–Crippen MR) is 97.8 cm³/mol. The van der Waals surface area contributed by atoms with Gasteiger partial charge in [-0.25, -0.2) is 0 Å². The summed E-state index contributed by atoms with van der Waals surface area (Å²) >= 11 is 11.7. The number of carbonyl (C=O) groups is 1. The van der Waals surface area contributed by atoms with E-state index in [0.717, 1.165) is 0 Å². The molecule has 0 heterocycles. The van der Waals surface area contributed by atoms with Gasteiger partial charge in [-0.15, -0.1) is 0 Å². The minimum absolute atomic E-state index is 0. The largest absolute Gasteiger partial charge is 1.00 e. The molecule has 0 spiro atoms. The number of carboxylic acid groups (broad SMARTS) is 1. The summed E-state index contributed by atoms with van der Waals surface area (Å²) in [6, 6.07) is 19.9. The maximum atomic E-state index is 11.5. The van der Waals surface area contributed by atoms with E-state index in [2.05, 4.69) is 0 Å². The third kappa shape index (κ3) is 6.16. The third-order valence-corrected chi connectivity index (χ3v) is 4.02. The molecule has 0 saturated heterocycles. The molecule has 0 saturated carbocycles. The van der Waals surface area contributed by atoms with Crippen LogP contribution in [-0.4, -0.2) is 5.97 Å². The summed E-state index contributed by atoms with van der Waals surface area (Å²) in [6.45, 7) is 0. The van der Waals surface area contributed by atoms with Crippen molar-refractivity contribution in [3.05, 3.63) is 88.4 Å². The number of hydrogen-bond acceptors (Lipinski definition) is 4. The van der Waals surface area contributed by atoms with Gasteiger partial charge < -0.3 is 19.4 Å². The van der Waals surface area contributed by atoms with Crippen LogP contribution in [0.1, 0.15) is 11.7 Å². The molecule has 0 amide bonds. The first-order valence-corrected chi connectivity index (χ1v) is 8.43. The first-order chi connectivity index (χ1) is 12.5. The molecule has 0 aliphatic heterocycles. The monoisotopic (exact) mass is 410 g/mol. The molecule has 3 rings (SSSR count). The van der Waals surface area contributed by atoms with E-state index in [1.807, 2.05) is 0 Å². The Kier molecular flexibility index (Phi) is 8.02. The molecule has 27 heavy (non-hydrogen) atoms. The van der Waals surface area contributed by atoms with Gasteiger partial charge in [0.1, 0.15) is 17.2 Å². The molecule has 7 heteroatoms. The predicted octanol–water partition coefficient (Wildman–Crippen LogP) is 1.66. The van der Waals surface area contributed by atoms with E-state index in [1.165, 1.54) is 0 Å². The Morgan fingerprint density at radius 2 is 1.15 bits per heavy atom. The molecule has 0 bridgehead atoms. The summed E-state index contributed by atoms with van der Waals surface area (Å²) in [5.41, 5.74) is 0.434. The van der Waals surface area contributed by atoms with Gasteiger partial charge >= 0.3 is 29.6 Å². The van der Waals surface area contributed by atoms with Crippen molar-refractivity contribution in [3.8, 4) is 17.2 Å². The Hall–Kier alpha value is -1.69. The van der Waals surface area contributed by atoms with E-state index in [1.54, 1.807) is 72.8 Å². The number of ether oxygens (including phenoxy) is 2. The van der Waals surface area contributed by atoms with Gasteiger partial charge in [0, 0.05) is 10.0 Å². The molecule has 3 aromatic carbocycles. The van der Waals surface area contributed by atoms with Crippen LogP contribution in [0.3, 0.4) is 0 Å². The fraction of sp³-hybridized carbons (Fsp3) is 0.0500. The number of carboxylic acids is 1. The topological polar surface area (TPSA) is 58.6 Å². The zero-order chi connectivity index (χ0) is 18.5. The quantitative estimate of drug-likeness (QED) is 0.579. The molecular weight excluding hydrogens is 398 g/mol. The average Bonchev–Trinajstić information content (AvgIpc) is 2.64. The van der Waals surface area contributed by atoms with Gasteiger partial charge in [0.25, 0.3) is 0 Å². The first kappa shape index (κ1) is 21.6.